The molecule has 1 fully saturated rings. The van der Waals surface area contributed by atoms with Crippen molar-refractivity contribution < 1.29 is 4.79 Å². The maximum atomic E-state index is 12.3. The Morgan fingerprint density at radius 3 is 2.91 bits per heavy atom. The lowest BCUT2D eigenvalue weighted by atomic mass is 10.0. The average Bonchev–Trinajstić information content (AvgIpc) is 3.07. The number of para-hydroxylation sites is 1. The molecule has 1 aliphatic rings. The van der Waals surface area contributed by atoms with E-state index in [2.05, 4.69) is 23.3 Å². The minimum absolute atomic E-state index is 0. The van der Waals surface area contributed by atoms with Gasteiger partial charge in [0, 0.05) is 23.1 Å². The van der Waals surface area contributed by atoms with Crippen LogP contribution in [0.5, 0.6) is 0 Å². The molecule has 22 heavy (non-hydrogen) atoms. The van der Waals surface area contributed by atoms with Crippen LogP contribution in [0.1, 0.15) is 31.7 Å². The Balaban J connectivity index is 0.00000176. The van der Waals surface area contributed by atoms with Gasteiger partial charge in [0.05, 0.1) is 6.04 Å². The van der Waals surface area contributed by atoms with Crippen molar-refractivity contribution >= 4 is 29.2 Å². The van der Waals surface area contributed by atoms with Gasteiger partial charge in [-0.25, -0.2) is 0 Å². The molecular weight excluding hydrogens is 298 g/mol. The van der Waals surface area contributed by atoms with Crippen LogP contribution in [0.4, 0.5) is 0 Å². The number of amides is 1. The fraction of sp³-hybridized carbons (Fsp3) is 0.471. The van der Waals surface area contributed by atoms with E-state index in [1.165, 1.54) is 12.8 Å². The van der Waals surface area contributed by atoms with Crippen LogP contribution in [0, 0.1) is 5.92 Å². The van der Waals surface area contributed by atoms with E-state index in [1.54, 1.807) is 0 Å². The summed E-state index contributed by atoms with van der Waals surface area (Å²) in [6.45, 7) is 2.20. The zero-order valence-corrected chi connectivity index (χ0v) is 13.7. The molecule has 1 amide bonds. The second kappa shape index (κ2) is 7.16. The van der Waals surface area contributed by atoms with Gasteiger partial charge in [0.15, 0.2) is 0 Å². The van der Waals surface area contributed by atoms with E-state index in [4.69, 9.17) is 5.73 Å². The van der Waals surface area contributed by atoms with Gasteiger partial charge >= 0.3 is 0 Å². The average molecular weight is 322 g/mol. The number of H-pyrrole nitrogens is 1. The lowest BCUT2D eigenvalue weighted by Gasteiger charge is -2.20. The van der Waals surface area contributed by atoms with E-state index in [0.717, 1.165) is 22.9 Å². The predicted molar refractivity (Wildman–Crippen MR) is 92.2 cm³/mol. The van der Waals surface area contributed by atoms with Crippen LogP contribution in [0.15, 0.2) is 30.5 Å². The molecule has 0 aliphatic heterocycles. The third-order valence-corrected chi connectivity index (χ3v) is 4.64. The van der Waals surface area contributed by atoms with Crippen LogP contribution in [0.2, 0.25) is 0 Å². The van der Waals surface area contributed by atoms with Crippen LogP contribution in [-0.2, 0) is 11.2 Å². The molecule has 4 N–H and O–H groups in total. The number of hydrogen-bond acceptors (Lipinski definition) is 2. The minimum atomic E-state index is -0.489. The van der Waals surface area contributed by atoms with Crippen molar-refractivity contribution in [3.63, 3.8) is 0 Å². The van der Waals surface area contributed by atoms with Crippen molar-refractivity contribution in [3.8, 4) is 0 Å². The van der Waals surface area contributed by atoms with Crippen molar-refractivity contribution in [1.82, 2.24) is 10.3 Å². The molecule has 2 aromatic rings. The zero-order valence-electron chi connectivity index (χ0n) is 12.8. The summed E-state index contributed by atoms with van der Waals surface area (Å²) in [5.41, 5.74) is 8.29. The molecule has 5 heteroatoms. The van der Waals surface area contributed by atoms with Crippen LogP contribution >= 0.6 is 12.4 Å². The van der Waals surface area contributed by atoms with E-state index in [9.17, 15) is 4.79 Å². The number of carbonyl (C=O) groups is 1. The van der Waals surface area contributed by atoms with Gasteiger partial charge in [-0.3, -0.25) is 4.79 Å². The molecule has 1 heterocycles. The summed E-state index contributed by atoms with van der Waals surface area (Å²) < 4.78 is 0. The number of carbonyl (C=O) groups excluding carboxylic acids is 1. The lowest BCUT2D eigenvalue weighted by molar-refractivity contribution is -0.123. The number of halogens is 1. The highest BCUT2D eigenvalue weighted by Gasteiger charge is 2.26. The van der Waals surface area contributed by atoms with Gasteiger partial charge in [0.1, 0.15) is 0 Å². The normalized spacial score (nSPS) is 22.3. The number of rotatable bonds is 4. The number of nitrogens with two attached hydrogens (primary N) is 1. The highest BCUT2D eigenvalue weighted by atomic mass is 35.5. The predicted octanol–water partition coefficient (Wildman–Crippen LogP) is 2.76. The summed E-state index contributed by atoms with van der Waals surface area (Å²) in [4.78, 5) is 15.5. The number of benzene rings is 1. The minimum Gasteiger partial charge on any atom is -0.361 e. The van der Waals surface area contributed by atoms with Crippen molar-refractivity contribution in [1.29, 1.82) is 0 Å². The molecule has 120 valence electrons. The van der Waals surface area contributed by atoms with Crippen LogP contribution in [0.3, 0.4) is 0 Å². The maximum Gasteiger partial charge on any atom is 0.237 e. The summed E-state index contributed by atoms with van der Waals surface area (Å²) in [7, 11) is 0. The SMILES string of the molecule is CC1CCCC1NC(=O)[C@@H](N)Cc1c[nH]c2ccccc12.Cl. The first-order valence-corrected chi connectivity index (χ1v) is 7.76. The summed E-state index contributed by atoms with van der Waals surface area (Å²) in [5.74, 6) is 0.535. The first-order valence-electron chi connectivity index (χ1n) is 7.76. The van der Waals surface area contributed by atoms with Crippen molar-refractivity contribution in [2.45, 2.75) is 44.7 Å². The summed E-state index contributed by atoms with van der Waals surface area (Å²) in [5, 5.41) is 4.26. The molecule has 3 atom stereocenters. The molecule has 1 aromatic heterocycles. The van der Waals surface area contributed by atoms with Gasteiger partial charge in [-0.15, -0.1) is 12.4 Å². The van der Waals surface area contributed by atoms with Crippen molar-refractivity contribution in [3.05, 3.63) is 36.0 Å². The summed E-state index contributed by atoms with van der Waals surface area (Å²) in [6.07, 6.45) is 5.99. The van der Waals surface area contributed by atoms with E-state index in [1.807, 2.05) is 24.4 Å². The van der Waals surface area contributed by atoms with E-state index in [-0.39, 0.29) is 18.3 Å². The van der Waals surface area contributed by atoms with Gasteiger partial charge in [-0.1, -0.05) is 31.5 Å². The first-order chi connectivity index (χ1) is 10.1. The molecule has 0 spiro atoms. The number of nitrogens with one attached hydrogen (secondary N) is 2. The van der Waals surface area contributed by atoms with Gasteiger partial charge < -0.3 is 16.0 Å². The van der Waals surface area contributed by atoms with E-state index >= 15 is 0 Å². The Morgan fingerprint density at radius 2 is 2.18 bits per heavy atom. The zero-order chi connectivity index (χ0) is 14.8. The number of hydrogen-bond donors (Lipinski definition) is 3. The Morgan fingerprint density at radius 1 is 1.41 bits per heavy atom. The Bertz CT molecular complexity index is 640. The molecule has 0 bridgehead atoms. The Hall–Kier alpha value is -1.52. The monoisotopic (exact) mass is 321 g/mol. The summed E-state index contributed by atoms with van der Waals surface area (Å²) >= 11 is 0. The van der Waals surface area contributed by atoms with Gasteiger partial charge in [-0.2, -0.15) is 0 Å². The molecule has 1 aromatic carbocycles. The molecule has 1 aliphatic carbocycles. The first kappa shape index (κ1) is 16.8. The van der Waals surface area contributed by atoms with Crippen LogP contribution in [-0.4, -0.2) is 23.0 Å². The van der Waals surface area contributed by atoms with E-state index in [0.29, 0.717) is 18.4 Å². The fourth-order valence-electron chi connectivity index (χ4n) is 3.28. The van der Waals surface area contributed by atoms with Crippen LogP contribution in [0.25, 0.3) is 10.9 Å². The molecule has 4 nitrogen and oxygen atoms in total. The lowest BCUT2D eigenvalue weighted by Crippen LogP contribution is -2.47. The second-order valence-corrected chi connectivity index (χ2v) is 6.19. The standard InChI is InChI=1S/C17H23N3O.ClH/c1-11-5-4-8-15(11)20-17(21)14(18)9-12-10-19-16-7-3-2-6-13(12)16;/h2-3,6-7,10-11,14-15,19H,4-5,8-9,18H2,1H3,(H,20,21);1H/t11?,14-,15?;/m0./s1. The second-order valence-electron chi connectivity index (χ2n) is 6.19. The van der Waals surface area contributed by atoms with Gasteiger partial charge in [0.2, 0.25) is 5.91 Å². The molecule has 0 radical (unpaired) electrons. The molecule has 2 unspecified atom stereocenters. The van der Waals surface area contributed by atoms with E-state index < -0.39 is 6.04 Å². The number of aromatic nitrogens is 1. The maximum absolute atomic E-state index is 12.3. The molecule has 3 rings (SSSR count). The highest BCUT2D eigenvalue weighted by molar-refractivity contribution is 5.86. The van der Waals surface area contributed by atoms with Crippen LogP contribution < -0.4 is 11.1 Å². The largest absolute Gasteiger partial charge is 0.361 e. The Labute approximate surface area is 137 Å². The quantitative estimate of drug-likeness (QED) is 0.810. The molecule has 1 saturated carbocycles. The Kier molecular flexibility index (Phi) is 5.48. The molecule has 0 saturated heterocycles. The third kappa shape index (κ3) is 3.45. The molecular formula is C17H24ClN3O. The number of aromatic amines is 1. The highest BCUT2D eigenvalue weighted by Crippen LogP contribution is 2.25. The summed E-state index contributed by atoms with van der Waals surface area (Å²) in [6, 6.07) is 7.90. The van der Waals surface area contributed by atoms with Crippen molar-refractivity contribution in [2.75, 3.05) is 0 Å². The smallest absolute Gasteiger partial charge is 0.237 e. The number of fused-ring (bicyclic) bond motifs is 1. The fourth-order valence-corrected chi connectivity index (χ4v) is 3.28. The van der Waals surface area contributed by atoms with Gasteiger partial charge in [0.25, 0.3) is 0 Å². The van der Waals surface area contributed by atoms with Crippen molar-refractivity contribution in [2.24, 2.45) is 11.7 Å². The third-order valence-electron chi connectivity index (χ3n) is 4.64. The topological polar surface area (TPSA) is 70.9 Å². The van der Waals surface area contributed by atoms with Gasteiger partial charge in [-0.05, 0) is 36.8 Å².